The molecule has 176 valence electrons. The number of rotatable bonds is 3. The Labute approximate surface area is 190 Å². The number of carbonyl (C=O) groups excluding carboxylic acids is 2. The fourth-order valence-corrected chi connectivity index (χ4v) is 4.72. The summed E-state index contributed by atoms with van der Waals surface area (Å²) in [5.41, 5.74) is -1.04. The number of nitrogens with zero attached hydrogens (tertiary/aromatic N) is 2. The molecule has 2 aliphatic heterocycles. The molecule has 5 rings (SSSR count). The summed E-state index contributed by atoms with van der Waals surface area (Å²) in [6.45, 7) is 0.0562. The Balaban J connectivity index is 1.65. The first-order valence-corrected chi connectivity index (χ1v) is 10.5. The Morgan fingerprint density at radius 2 is 1.79 bits per heavy atom. The highest BCUT2D eigenvalue weighted by Gasteiger charge is 2.42. The van der Waals surface area contributed by atoms with Gasteiger partial charge in [-0.25, -0.2) is 0 Å². The predicted octanol–water partition coefficient (Wildman–Crippen LogP) is 4.87. The highest BCUT2D eigenvalue weighted by Crippen LogP contribution is 2.47. The van der Waals surface area contributed by atoms with Crippen molar-refractivity contribution in [1.82, 2.24) is 0 Å². The highest BCUT2D eigenvalue weighted by molar-refractivity contribution is 6.08. The molecule has 0 saturated carbocycles. The summed E-state index contributed by atoms with van der Waals surface area (Å²) < 4.78 is 50.2. The van der Waals surface area contributed by atoms with Gasteiger partial charge in [-0.05, 0) is 42.7 Å². The monoisotopic (exact) mass is 474 g/mol. The number of hydrogen-bond donors (Lipinski definition) is 0. The number of benzene rings is 2. The van der Waals surface area contributed by atoms with E-state index in [-0.39, 0.29) is 43.2 Å². The van der Waals surface area contributed by atoms with Crippen LogP contribution < -0.4 is 14.4 Å². The maximum absolute atomic E-state index is 13.3. The number of amides is 1. The molecule has 0 spiro atoms. The molecule has 0 saturated heterocycles. The van der Waals surface area contributed by atoms with Crippen LogP contribution in [0.5, 0.6) is 11.5 Å². The first kappa shape index (κ1) is 21.9. The number of halogens is 3. The Bertz CT molecular complexity index is 1270. The van der Waals surface area contributed by atoms with Gasteiger partial charge >= 0.3 is 6.18 Å². The van der Waals surface area contributed by atoms with E-state index < -0.39 is 34.2 Å². The minimum absolute atomic E-state index is 0.0562. The van der Waals surface area contributed by atoms with E-state index >= 15 is 0 Å². The van der Waals surface area contributed by atoms with Crippen LogP contribution in [0.2, 0.25) is 0 Å². The van der Waals surface area contributed by atoms with Crippen molar-refractivity contribution in [3.63, 3.8) is 0 Å². The van der Waals surface area contributed by atoms with Crippen LogP contribution >= 0.6 is 0 Å². The van der Waals surface area contributed by atoms with Crippen LogP contribution in [0.3, 0.4) is 0 Å². The number of fused-ring (bicyclic) bond motifs is 1. The molecule has 0 bridgehead atoms. The summed E-state index contributed by atoms with van der Waals surface area (Å²) in [7, 11) is 0. The van der Waals surface area contributed by atoms with Crippen molar-refractivity contribution in [2.45, 2.75) is 37.8 Å². The number of hydrogen-bond acceptors (Lipinski definition) is 6. The Morgan fingerprint density at radius 1 is 1.03 bits per heavy atom. The van der Waals surface area contributed by atoms with E-state index in [1.165, 1.54) is 0 Å². The number of nitro groups is 1. The number of nitro benzene ring substituents is 1. The fraction of sp³-hybridized carbons (Fsp3) is 0.304. The molecule has 34 heavy (non-hydrogen) atoms. The van der Waals surface area contributed by atoms with Crippen LogP contribution in [0.1, 0.15) is 42.7 Å². The van der Waals surface area contributed by atoms with Gasteiger partial charge < -0.3 is 9.47 Å². The van der Waals surface area contributed by atoms with Crippen LogP contribution in [0.25, 0.3) is 0 Å². The zero-order valence-corrected chi connectivity index (χ0v) is 17.6. The topological polar surface area (TPSA) is 99.0 Å². The van der Waals surface area contributed by atoms with Crippen molar-refractivity contribution in [2.24, 2.45) is 0 Å². The van der Waals surface area contributed by atoms with Crippen LogP contribution in [-0.4, -0.2) is 23.4 Å². The third-order valence-corrected chi connectivity index (χ3v) is 6.21. The number of ether oxygens (including phenoxy) is 2. The lowest BCUT2D eigenvalue weighted by molar-refractivity contribution is -0.384. The lowest BCUT2D eigenvalue weighted by Crippen LogP contribution is -2.40. The van der Waals surface area contributed by atoms with Gasteiger partial charge in [-0.15, -0.1) is 0 Å². The minimum atomic E-state index is -4.79. The number of anilines is 1. The molecular weight excluding hydrogens is 457 g/mol. The average Bonchev–Trinajstić information content (AvgIpc) is 3.25. The van der Waals surface area contributed by atoms with Crippen LogP contribution in [0.15, 0.2) is 47.7 Å². The van der Waals surface area contributed by atoms with Gasteiger partial charge in [-0.1, -0.05) is 6.07 Å². The molecule has 2 heterocycles. The minimum Gasteiger partial charge on any atom is -0.454 e. The van der Waals surface area contributed by atoms with E-state index in [4.69, 9.17) is 9.47 Å². The maximum Gasteiger partial charge on any atom is 0.416 e. The van der Waals surface area contributed by atoms with Gasteiger partial charge in [0.1, 0.15) is 5.69 Å². The molecule has 0 aromatic heterocycles. The molecular formula is C23H17F3N2O6. The summed E-state index contributed by atoms with van der Waals surface area (Å²) in [5.74, 6) is -0.322. The summed E-state index contributed by atoms with van der Waals surface area (Å²) >= 11 is 0. The van der Waals surface area contributed by atoms with Gasteiger partial charge in [0.2, 0.25) is 12.7 Å². The van der Waals surface area contributed by atoms with Gasteiger partial charge in [0.15, 0.2) is 17.3 Å². The van der Waals surface area contributed by atoms with E-state index in [9.17, 15) is 32.9 Å². The number of carbonyl (C=O) groups is 2. The Hall–Kier alpha value is -3.89. The zero-order chi connectivity index (χ0) is 24.2. The van der Waals surface area contributed by atoms with E-state index in [1.54, 1.807) is 18.2 Å². The molecule has 1 amide bonds. The average molecular weight is 474 g/mol. The molecule has 1 aliphatic carbocycles. The molecule has 0 N–H and O–H groups in total. The second-order valence-corrected chi connectivity index (χ2v) is 8.19. The third-order valence-electron chi connectivity index (χ3n) is 6.21. The largest absolute Gasteiger partial charge is 0.454 e. The summed E-state index contributed by atoms with van der Waals surface area (Å²) in [4.78, 5) is 38.1. The van der Waals surface area contributed by atoms with Gasteiger partial charge in [-0.2, -0.15) is 13.2 Å². The van der Waals surface area contributed by atoms with Gasteiger partial charge in [0.05, 0.1) is 10.5 Å². The van der Waals surface area contributed by atoms with Crippen LogP contribution in [-0.2, 0) is 15.8 Å². The Morgan fingerprint density at radius 3 is 2.53 bits per heavy atom. The quantitative estimate of drug-likeness (QED) is 0.465. The van der Waals surface area contributed by atoms with E-state index in [0.717, 1.165) is 11.0 Å². The summed E-state index contributed by atoms with van der Waals surface area (Å²) in [6.07, 6.45) is -4.01. The van der Waals surface area contributed by atoms with Crippen molar-refractivity contribution < 1.29 is 37.2 Å². The third kappa shape index (κ3) is 3.57. The first-order valence-electron chi connectivity index (χ1n) is 10.5. The molecule has 11 heteroatoms. The van der Waals surface area contributed by atoms with Gasteiger partial charge in [0.25, 0.3) is 5.69 Å². The standard InChI is InChI=1S/C23H17F3N2O6/c24-23(25,26)13-5-6-15(17(9-13)28(31)32)27-16-2-1-3-18(29)22(16)14(10-21(27)30)12-4-7-19-20(8-12)34-11-33-19/h4-9,14H,1-3,10-11H2. The zero-order valence-electron chi connectivity index (χ0n) is 17.6. The highest BCUT2D eigenvalue weighted by atomic mass is 19.4. The van der Waals surface area contributed by atoms with E-state index in [1.807, 2.05) is 0 Å². The van der Waals surface area contributed by atoms with Gasteiger partial charge in [-0.3, -0.25) is 24.6 Å². The van der Waals surface area contributed by atoms with Crippen molar-refractivity contribution in [3.05, 3.63) is 68.9 Å². The number of alkyl halides is 3. The maximum atomic E-state index is 13.3. The summed E-state index contributed by atoms with van der Waals surface area (Å²) in [5, 5.41) is 11.7. The number of allylic oxidation sites excluding steroid dienone is 2. The van der Waals surface area contributed by atoms with Crippen LogP contribution in [0.4, 0.5) is 24.5 Å². The lowest BCUT2D eigenvalue weighted by atomic mass is 9.77. The van der Waals surface area contributed by atoms with Crippen LogP contribution in [0, 0.1) is 10.1 Å². The normalized spacial score (nSPS) is 20.0. The predicted molar refractivity (Wildman–Crippen MR) is 111 cm³/mol. The molecule has 3 aliphatic rings. The Kier molecular flexibility index (Phi) is 5.07. The fourth-order valence-electron chi connectivity index (χ4n) is 4.72. The molecule has 2 aromatic rings. The molecule has 1 atom stereocenters. The molecule has 0 fully saturated rings. The van der Waals surface area contributed by atoms with Crippen molar-refractivity contribution >= 4 is 23.1 Å². The summed E-state index contributed by atoms with van der Waals surface area (Å²) in [6, 6.07) is 7.14. The first-order chi connectivity index (χ1) is 16.1. The number of ketones is 1. The van der Waals surface area contributed by atoms with E-state index in [0.29, 0.717) is 41.2 Å². The SMILES string of the molecule is O=C1CCCC2=C1C(c1ccc3c(c1)OCO3)CC(=O)N2c1ccc(C(F)(F)F)cc1[N+](=O)[O-]. The molecule has 2 aromatic carbocycles. The molecule has 0 radical (unpaired) electrons. The van der Waals surface area contributed by atoms with Crippen molar-refractivity contribution in [3.8, 4) is 11.5 Å². The number of Topliss-reactive ketones (excluding diaryl/α,β-unsaturated/α-hetero) is 1. The molecule has 1 unspecified atom stereocenters. The van der Waals surface area contributed by atoms with Gasteiger partial charge in [0, 0.05) is 36.1 Å². The van der Waals surface area contributed by atoms with Crippen molar-refractivity contribution in [2.75, 3.05) is 11.7 Å². The second kappa shape index (κ2) is 7.86. The van der Waals surface area contributed by atoms with E-state index in [2.05, 4.69) is 0 Å². The smallest absolute Gasteiger partial charge is 0.416 e. The molecule has 8 nitrogen and oxygen atoms in total. The lowest BCUT2D eigenvalue weighted by Gasteiger charge is -2.38. The second-order valence-electron chi connectivity index (χ2n) is 8.19. The van der Waals surface area contributed by atoms with Crippen molar-refractivity contribution in [1.29, 1.82) is 0 Å².